The van der Waals surface area contributed by atoms with Crippen molar-refractivity contribution in [3.8, 4) is 23.0 Å². The fourth-order valence-corrected chi connectivity index (χ4v) is 12.0. The van der Waals surface area contributed by atoms with Crippen LogP contribution in [0.1, 0.15) is 179 Å². The average molecular weight is 1310 g/mol. The van der Waals surface area contributed by atoms with Crippen molar-refractivity contribution in [1.82, 2.24) is 0 Å². The van der Waals surface area contributed by atoms with E-state index in [0.29, 0.717) is 0 Å². The smallest absolute Gasteiger partial charge is 0.402 e. The van der Waals surface area contributed by atoms with E-state index in [1.807, 2.05) is 175 Å². The van der Waals surface area contributed by atoms with Crippen LogP contribution in [0.5, 0.6) is 23.0 Å². The van der Waals surface area contributed by atoms with Crippen LogP contribution in [0, 0.1) is 0 Å². The van der Waals surface area contributed by atoms with Gasteiger partial charge in [0.05, 0.1) is 0 Å². The second-order valence-electron chi connectivity index (χ2n) is 18.4. The lowest BCUT2D eigenvalue weighted by atomic mass is 9.73. The lowest BCUT2D eigenvalue weighted by molar-refractivity contribution is -0.174. The summed E-state index contributed by atoms with van der Waals surface area (Å²) in [5, 5.41) is 2.99. The minimum atomic E-state index is -4.39. The third-order valence-electron chi connectivity index (χ3n) is 13.0. The van der Waals surface area contributed by atoms with Crippen molar-refractivity contribution in [3.63, 3.8) is 0 Å². The normalized spacial score (nSPS) is 10.3. The SMILES string of the molecule is CC.CC.CC.CC.CC.CC.CC.CC.CC.CC.CC1(C(F)(F)F)c2ccccc2Oc2ccccc21.C[Si](C)(c1ccccc1)c1ccccc1.c1ccc(Cc2ccccc2)cc1.c1ccc(Sc2ccccc2)cc1.c1ccc2c(c1)Cc1ccccc1O2. The summed E-state index contributed by atoms with van der Waals surface area (Å²) in [5.74, 6) is 2.51. The quantitative estimate of drug-likeness (QED) is 0.155. The van der Waals surface area contributed by atoms with Gasteiger partial charge < -0.3 is 9.47 Å². The van der Waals surface area contributed by atoms with E-state index in [-0.39, 0.29) is 22.6 Å². The first-order valence-electron chi connectivity index (χ1n) is 34.7. The summed E-state index contributed by atoms with van der Waals surface area (Å²) in [6.45, 7) is 46.0. The molecule has 2 aliphatic heterocycles. The summed E-state index contributed by atoms with van der Waals surface area (Å²) in [5.41, 5.74) is 3.54. The van der Waals surface area contributed by atoms with Gasteiger partial charge in [0.15, 0.2) is 0 Å². The molecule has 0 aliphatic carbocycles. The third kappa shape index (κ3) is 30.9. The Bertz CT molecular complexity index is 2940. The molecule has 0 bridgehead atoms. The molecule has 2 aliphatic rings. The van der Waals surface area contributed by atoms with Crippen molar-refractivity contribution in [3.05, 3.63) is 312 Å². The third-order valence-corrected chi connectivity index (χ3v) is 17.6. The molecule has 2 nitrogen and oxygen atoms in total. The predicted octanol–water partition coefficient (Wildman–Crippen LogP) is 27.9. The Morgan fingerprint density at radius 1 is 0.319 bits per heavy atom. The fourth-order valence-electron chi connectivity index (χ4n) is 8.75. The summed E-state index contributed by atoms with van der Waals surface area (Å²) in [4.78, 5) is 2.57. The van der Waals surface area contributed by atoms with Gasteiger partial charge in [-0.3, -0.25) is 0 Å². The summed E-state index contributed by atoms with van der Waals surface area (Å²) in [7, 11) is -1.46. The molecule has 0 saturated carbocycles. The highest BCUT2D eigenvalue weighted by Gasteiger charge is 2.57. The Morgan fingerprint density at radius 3 is 0.851 bits per heavy atom. The highest BCUT2D eigenvalue weighted by atomic mass is 32.2. The van der Waals surface area contributed by atoms with Crippen molar-refractivity contribution in [1.29, 1.82) is 0 Å². The zero-order chi connectivity index (χ0) is 71.6. The van der Waals surface area contributed by atoms with E-state index < -0.39 is 19.7 Å². The van der Waals surface area contributed by atoms with Crippen molar-refractivity contribution < 1.29 is 22.6 Å². The number of rotatable bonds is 6. The van der Waals surface area contributed by atoms with Crippen LogP contribution in [0.25, 0.3) is 0 Å². The number of halogens is 3. The van der Waals surface area contributed by atoms with Gasteiger partial charge in [-0.15, -0.1) is 0 Å². The second-order valence-corrected chi connectivity index (χ2v) is 24.0. The molecule has 0 N–H and O–H groups in total. The van der Waals surface area contributed by atoms with Gasteiger partial charge in [-0.25, -0.2) is 0 Å². The number of hydrogen-bond donors (Lipinski definition) is 0. The summed E-state index contributed by atoms with van der Waals surface area (Å²) in [6, 6.07) is 92.6. The van der Waals surface area contributed by atoms with Gasteiger partial charge in [0.2, 0.25) is 0 Å². The molecule has 510 valence electrons. The minimum absolute atomic E-state index is 0.154. The molecule has 10 aromatic rings. The molecular formula is C87H119F3O2SSi. The van der Waals surface area contributed by atoms with Crippen molar-refractivity contribution >= 4 is 30.2 Å². The first kappa shape index (κ1) is 90.4. The van der Waals surface area contributed by atoms with Crippen LogP contribution in [0.15, 0.2) is 289 Å². The summed E-state index contributed by atoms with van der Waals surface area (Å²) < 4.78 is 52.2. The van der Waals surface area contributed by atoms with Crippen molar-refractivity contribution in [2.45, 2.75) is 193 Å². The molecule has 0 aromatic heterocycles. The van der Waals surface area contributed by atoms with Crippen LogP contribution < -0.4 is 19.8 Å². The van der Waals surface area contributed by atoms with Crippen LogP contribution >= 0.6 is 11.8 Å². The van der Waals surface area contributed by atoms with Crippen LogP contribution in [0.3, 0.4) is 0 Å². The molecule has 0 radical (unpaired) electrons. The van der Waals surface area contributed by atoms with E-state index in [2.05, 4.69) is 207 Å². The second kappa shape index (κ2) is 56.7. The highest BCUT2D eigenvalue weighted by molar-refractivity contribution is 7.99. The zero-order valence-electron chi connectivity index (χ0n) is 61.8. The Hall–Kier alpha value is -7.84. The van der Waals surface area contributed by atoms with Gasteiger partial charge in [-0.05, 0) is 84.1 Å². The van der Waals surface area contributed by atoms with E-state index in [1.165, 1.54) is 61.5 Å². The molecular weight excluding hydrogens is 1190 g/mol. The maximum absolute atomic E-state index is 13.6. The molecule has 0 unspecified atom stereocenters. The lowest BCUT2D eigenvalue weighted by Crippen LogP contribution is -2.52. The predicted molar refractivity (Wildman–Crippen MR) is 417 cm³/mol. The van der Waals surface area contributed by atoms with Crippen LogP contribution in [-0.4, -0.2) is 14.3 Å². The zero-order valence-corrected chi connectivity index (χ0v) is 63.6. The number of alkyl halides is 3. The minimum Gasteiger partial charge on any atom is -0.457 e. The molecule has 7 heteroatoms. The fraction of sp³-hybridized carbons (Fsp3) is 0.310. The largest absolute Gasteiger partial charge is 0.457 e. The van der Waals surface area contributed by atoms with Crippen LogP contribution in [0.4, 0.5) is 13.2 Å². The van der Waals surface area contributed by atoms with E-state index >= 15 is 0 Å². The van der Waals surface area contributed by atoms with Gasteiger partial charge in [0.1, 0.15) is 36.5 Å². The van der Waals surface area contributed by atoms with Gasteiger partial charge >= 0.3 is 6.18 Å². The molecule has 2 heterocycles. The van der Waals surface area contributed by atoms with E-state index in [1.54, 1.807) is 48.2 Å². The van der Waals surface area contributed by atoms with Gasteiger partial charge in [-0.2, -0.15) is 13.2 Å². The van der Waals surface area contributed by atoms with E-state index in [0.717, 1.165) is 24.3 Å². The van der Waals surface area contributed by atoms with Crippen molar-refractivity contribution in [2.75, 3.05) is 0 Å². The first-order chi connectivity index (χ1) is 46.0. The van der Waals surface area contributed by atoms with Crippen molar-refractivity contribution in [2.24, 2.45) is 0 Å². The monoisotopic (exact) mass is 1310 g/mol. The topological polar surface area (TPSA) is 18.5 Å². The van der Waals surface area contributed by atoms with Gasteiger partial charge in [0, 0.05) is 27.3 Å². The maximum atomic E-state index is 13.6. The Balaban J connectivity index is -0.00000103. The Kier molecular flexibility index (Phi) is 54.5. The summed E-state index contributed by atoms with van der Waals surface area (Å²) >= 11 is 1.79. The number of para-hydroxylation sites is 4. The van der Waals surface area contributed by atoms with E-state index in [4.69, 9.17) is 9.47 Å². The molecule has 12 rings (SSSR count). The molecule has 94 heavy (non-hydrogen) atoms. The first-order valence-corrected chi connectivity index (χ1v) is 38.5. The van der Waals surface area contributed by atoms with Crippen LogP contribution in [0.2, 0.25) is 13.1 Å². The maximum Gasteiger partial charge on any atom is 0.402 e. The highest BCUT2D eigenvalue weighted by Crippen LogP contribution is 2.55. The molecule has 10 aromatic carbocycles. The van der Waals surface area contributed by atoms with E-state index in [9.17, 15) is 13.2 Å². The van der Waals surface area contributed by atoms with Gasteiger partial charge in [-0.1, -0.05) is 404 Å². The Labute approximate surface area is 577 Å². The molecule has 0 saturated heterocycles. The molecule has 0 fully saturated rings. The molecule has 0 spiro atoms. The molecule has 0 amide bonds. The number of hydrogen-bond acceptors (Lipinski definition) is 3. The standard InChI is InChI=1S/C15H11F3O.C14H16Si.C13H10O.C13H12.C12H10S.10C2H6/c1-14(15(16,17)18)10-6-2-4-8-12(10)19-13-9-5-3-7-11(13)14;1-15(2,13-9-5-3-6-10-13)14-11-7-4-8-12-14;1-3-7-12-10(5-1)9-11-6-2-4-8-13(11)14-12;1-3-7-12(8-4-1)11-13-9-5-2-6-10-13;1-3-7-11(8-4-1)13-12-9-5-2-6-10-12;10*1-2/h2-9H,1H3;3-12H,1-2H3;1-8H,9H2;1-10H,11H2;1-10H;10*1-2H3. The summed E-state index contributed by atoms with van der Waals surface area (Å²) in [6.07, 6.45) is -2.38. The lowest BCUT2D eigenvalue weighted by Gasteiger charge is -2.38. The Morgan fingerprint density at radius 2 is 0.553 bits per heavy atom. The number of benzene rings is 10. The van der Waals surface area contributed by atoms with Gasteiger partial charge in [0.25, 0.3) is 0 Å². The number of fused-ring (bicyclic) bond motifs is 4. The molecule has 0 atom stereocenters. The average Bonchev–Trinajstić information content (AvgIpc) is 0.728. The number of ether oxygens (including phenoxy) is 2. The van der Waals surface area contributed by atoms with Crippen LogP contribution in [-0.2, 0) is 18.3 Å².